The van der Waals surface area contributed by atoms with Gasteiger partial charge in [-0.3, -0.25) is 0 Å². The number of hydrogen-bond donors (Lipinski definition) is 2. The second kappa shape index (κ2) is 5.19. The average molecular weight is 292 g/mol. The van der Waals surface area contributed by atoms with E-state index in [0.29, 0.717) is 11.5 Å². The van der Waals surface area contributed by atoms with E-state index in [1.807, 2.05) is 24.3 Å². The maximum atomic E-state index is 5.86. The van der Waals surface area contributed by atoms with Crippen LogP contribution in [-0.4, -0.2) is 4.98 Å². The summed E-state index contributed by atoms with van der Waals surface area (Å²) in [6.07, 6.45) is 2.68. The van der Waals surface area contributed by atoms with E-state index >= 15 is 0 Å². The number of anilines is 3. The van der Waals surface area contributed by atoms with Crippen LogP contribution in [0, 0.1) is 0 Å². The molecule has 0 aliphatic rings. The van der Waals surface area contributed by atoms with E-state index in [0.717, 1.165) is 16.6 Å². The summed E-state index contributed by atoms with van der Waals surface area (Å²) < 4.78 is 1.08. The molecule has 0 amide bonds. The molecule has 2 aromatic rings. The maximum absolute atomic E-state index is 5.86. The largest absolute Gasteiger partial charge is 0.396 e. The Kier molecular flexibility index (Phi) is 3.64. The smallest absolute Gasteiger partial charge is 0.153 e. The average Bonchev–Trinajstić information content (AvgIpc) is 2.34. The summed E-state index contributed by atoms with van der Waals surface area (Å²) in [6.45, 7) is 2.12. The van der Waals surface area contributed by atoms with Gasteiger partial charge in [-0.2, -0.15) is 0 Å². The summed E-state index contributed by atoms with van der Waals surface area (Å²) in [7, 11) is 0. The summed E-state index contributed by atoms with van der Waals surface area (Å²) in [5, 5.41) is 3.26. The van der Waals surface area contributed by atoms with Crippen LogP contribution in [0.3, 0.4) is 0 Å². The van der Waals surface area contributed by atoms with Gasteiger partial charge in [-0.15, -0.1) is 0 Å². The minimum absolute atomic E-state index is 0.650. The first-order valence-corrected chi connectivity index (χ1v) is 6.26. The van der Waals surface area contributed by atoms with E-state index in [1.54, 1.807) is 6.20 Å². The molecule has 3 N–H and O–H groups in total. The molecule has 0 fully saturated rings. The topological polar surface area (TPSA) is 50.9 Å². The lowest BCUT2D eigenvalue weighted by Crippen LogP contribution is -2.00. The molecular weight excluding hydrogens is 278 g/mol. The lowest BCUT2D eigenvalue weighted by molar-refractivity contribution is 1.13. The van der Waals surface area contributed by atoms with E-state index in [4.69, 9.17) is 5.73 Å². The summed E-state index contributed by atoms with van der Waals surface area (Å²) in [5.41, 5.74) is 8.78. The second-order valence-electron chi connectivity index (χ2n) is 3.72. The number of pyridine rings is 1. The van der Waals surface area contributed by atoms with Crippen molar-refractivity contribution in [2.45, 2.75) is 13.3 Å². The van der Waals surface area contributed by atoms with Crippen LogP contribution in [0.2, 0.25) is 0 Å². The van der Waals surface area contributed by atoms with E-state index in [-0.39, 0.29) is 0 Å². The Morgan fingerprint density at radius 1 is 1.35 bits per heavy atom. The molecule has 0 unspecified atom stereocenters. The zero-order valence-electron chi connectivity index (χ0n) is 9.57. The summed E-state index contributed by atoms with van der Waals surface area (Å²) >= 11 is 3.47. The minimum atomic E-state index is 0.650. The lowest BCUT2D eigenvalue weighted by atomic mass is 10.1. The summed E-state index contributed by atoms with van der Waals surface area (Å²) in [5.74, 6) is 0.699. The van der Waals surface area contributed by atoms with Crippen molar-refractivity contribution < 1.29 is 0 Å². The van der Waals surface area contributed by atoms with Crippen molar-refractivity contribution in [2.75, 3.05) is 11.1 Å². The van der Waals surface area contributed by atoms with Crippen molar-refractivity contribution >= 4 is 33.1 Å². The molecule has 0 spiro atoms. The number of nitrogen functional groups attached to an aromatic ring is 1. The minimum Gasteiger partial charge on any atom is -0.396 e. The molecule has 88 valence electrons. The van der Waals surface area contributed by atoms with Gasteiger partial charge in [-0.05, 0) is 42.3 Å². The third kappa shape index (κ3) is 2.77. The molecule has 0 radical (unpaired) electrons. The van der Waals surface area contributed by atoms with Gasteiger partial charge < -0.3 is 11.1 Å². The van der Waals surface area contributed by atoms with Crippen molar-refractivity contribution in [3.63, 3.8) is 0 Å². The summed E-state index contributed by atoms with van der Waals surface area (Å²) in [4.78, 5) is 4.22. The molecule has 0 saturated heterocycles. The van der Waals surface area contributed by atoms with Gasteiger partial charge in [0.2, 0.25) is 0 Å². The third-order valence-electron chi connectivity index (χ3n) is 2.54. The summed E-state index contributed by atoms with van der Waals surface area (Å²) in [6, 6.07) is 9.78. The van der Waals surface area contributed by atoms with Gasteiger partial charge in [0.25, 0.3) is 0 Å². The van der Waals surface area contributed by atoms with Gasteiger partial charge >= 0.3 is 0 Å². The fourth-order valence-corrected chi connectivity index (χ4v) is 2.03. The quantitative estimate of drug-likeness (QED) is 0.906. The number of nitrogens with two attached hydrogens (primary N) is 1. The molecule has 2 rings (SSSR count). The van der Waals surface area contributed by atoms with Gasteiger partial charge in [0.1, 0.15) is 0 Å². The standard InChI is InChI=1S/C13H14BrN3/c1-2-9-8-10(14)5-6-12(9)17-13-11(15)4-3-7-16-13/h3-8H,2,15H2,1H3,(H,16,17). The van der Waals surface area contributed by atoms with Crippen LogP contribution in [0.25, 0.3) is 0 Å². The molecule has 17 heavy (non-hydrogen) atoms. The third-order valence-corrected chi connectivity index (χ3v) is 3.03. The molecule has 0 bridgehead atoms. The van der Waals surface area contributed by atoms with Crippen molar-refractivity contribution in [1.29, 1.82) is 0 Å². The molecule has 4 heteroatoms. The fourth-order valence-electron chi connectivity index (χ4n) is 1.63. The number of benzene rings is 1. The number of halogens is 1. The molecular formula is C13H14BrN3. The molecule has 3 nitrogen and oxygen atoms in total. The highest BCUT2D eigenvalue weighted by molar-refractivity contribution is 9.10. The van der Waals surface area contributed by atoms with E-state index < -0.39 is 0 Å². The Balaban J connectivity index is 2.33. The highest BCUT2D eigenvalue weighted by Gasteiger charge is 2.04. The van der Waals surface area contributed by atoms with Gasteiger partial charge in [0.15, 0.2) is 5.82 Å². The SMILES string of the molecule is CCc1cc(Br)ccc1Nc1ncccc1N. The molecule has 1 aromatic heterocycles. The fraction of sp³-hybridized carbons (Fsp3) is 0.154. The normalized spacial score (nSPS) is 10.2. The van der Waals surface area contributed by atoms with Gasteiger partial charge in [0.05, 0.1) is 5.69 Å². The zero-order valence-corrected chi connectivity index (χ0v) is 11.2. The monoisotopic (exact) mass is 291 g/mol. The number of nitrogens with one attached hydrogen (secondary N) is 1. The van der Waals surface area contributed by atoms with Crippen molar-refractivity contribution in [2.24, 2.45) is 0 Å². The highest BCUT2D eigenvalue weighted by atomic mass is 79.9. The lowest BCUT2D eigenvalue weighted by Gasteiger charge is -2.12. The van der Waals surface area contributed by atoms with Crippen molar-refractivity contribution in [3.8, 4) is 0 Å². The molecule has 0 aliphatic heterocycles. The maximum Gasteiger partial charge on any atom is 0.153 e. The number of nitrogens with zero attached hydrogens (tertiary/aromatic N) is 1. The molecule has 0 atom stereocenters. The van der Waals surface area contributed by atoms with Crippen molar-refractivity contribution in [3.05, 3.63) is 46.6 Å². The molecule has 0 saturated carbocycles. The first-order chi connectivity index (χ1) is 8.20. The van der Waals surface area contributed by atoms with Crippen LogP contribution < -0.4 is 11.1 Å². The Morgan fingerprint density at radius 3 is 2.88 bits per heavy atom. The van der Waals surface area contributed by atoms with Gasteiger partial charge in [-0.1, -0.05) is 22.9 Å². The van der Waals surface area contributed by atoms with Gasteiger partial charge in [-0.25, -0.2) is 4.98 Å². The number of aromatic nitrogens is 1. The predicted molar refractivity (Wildman–Crippen MR) is 75.5 cm³/mol. The number of rotatable bonds is 3. The van der Waals surface area contributed by atoms with E-state index in [1.165, 1.54) is 5.56 Å². The van der Waals surface area contributed by atoms with Crippen molar-refractivity contribution in [1.82, 2.24) is 4.98 Å². The highest BCUT2D eigenvalue weighted by Crippen LogP contribution is 2.26. The second-order valence-corrected chi connectivity index (χ2v) is 4.64. The molecule has 1 heterocycles. The van der Waals surface area contributed by atoms with E-state index in [9.17, 15) is 0 Å². The van der Waals surface area contributed by atoms with Crippen LogP contribution in [-0.2, 0) is 6.42 Å². The van der Waals surface area contributed by atoms with Crippen LogP contribution in [0.4, 0.5) is 17.2 Å². The van der Waals surface area contributed by atoms with E-state index in [2.05, 4.69) is 39.2 Å². The van der Waals surface area contributed by atoms with Crippen LogP contribution in [0.15, 0.2) is 41.0 Å². The molecule has 1 aromatic carbocycles. The van der Waals surface area contributed by atoms with Gasteiger partial charge in [0, 0.05) is 16.4 Å². The Morgan fingerprint density at radius 2 is 2.18 bits per heavy atom. The number of aryl methyl sites for hydroxylation is 1. The first-order valence-electron chi connectivity index (χ1n) is 5.46. The Hall–Kier alpha value is -1.55. The van der Waals surface area contributed by atoms with Crippen LogP contribution in [0.1, 0.15) is 12.5 Å². The Labute approximate surface area is 109 Å². The first kappa shape index (κ1) is 11.9. The van der Waals surface area contributed by atoms with Crippen LogP contribution in [0.5, 0.6) is 0 Å². The predicted octanol–water partition coefficient (Wildman–Crippen LogP) is 3.73. The Bertz CT molecular complexity index is 526. The zero-order chi connectivity index (χ0) is 12.3. The number of hydrogen-bond acceptors (Lipinski definition) is 3. The van der Waals surface area contributed by atoms with Crippen LogP contribution >= 0.6 is 15.9 Å². The molecule has 0 aliphatic carbocycles.